The van der Waals surface area contributed by atoms with Crippen molar-refractivity contribution in [1.82, 2.24) is 4.98 Å². The number of rotatable bonds is 5. The Balaban J connectivity index is 1.45. The molecule has 8 nitrogen and oxygen atoms in total. The van der Waals surface area contributed by atoms with Crippen LogP contribution in [0.2, 0.25) is 5.15 Å². The van der Waals surface area contributed by atoms with Crippen LogP contribution in [0.25, 0.3) is 22.2 Å². The van der Waals surface area contributed by atoms with Crippen LogP contribution in [0, 0.1) is 12.3 Å². The number of pyridine rings is 1. The van der Waals surface area contributed by atoms with E-state index < -0.39 is 30.3 Å². The standard InChI is InChI=1S/C32H31BClF3N4O4/c1-17-28(42)23-15-21(32(35,36)37)14-22(29(23)44-30(17)41-11-9-31(3,4)10-12-41)18(2)39-25-7-8-26(34)40-27(25)19-5-6-24-20(13-19)16-38-45-33(24)43/h5-8,13-16,18,39,43H,9-12H2,1-4H3/t18-/m0/s1. The van der Waals surface area contributed by atoms with Gasteiger partial charge in [0.05, 0.1) is 40.2 Å². The number of nitrogens with zero attached hydrogens (tertiary/aromatic N) is 3. The number of piperidine rings is 1. The predicted molar refractivity (Wildman–Crippen MR) is 170 cm³/mol. The van der Waals surface area contributed by atoms with Crippen LogP contribution in [0.15, 0.2) is 56.8 Å². The molecule has 2 aliphatic rings. The van der Waals surface area contributed by atoms with Crippen LogP contribution in [-0.2, 0) is 10.9 Å². The van der Waals surface area contributed by atoms with Crippen LogP contribution in [0.3, 0.4) is 0 Å². The average molecular weight is 639 g/mol. The van der Waals surface area contributed by atoms with Gasteiger partial charge in [0.15, 0.2) is 5.43 Å². The van der Waals surface area contributed by atoms with E-state index in [2.05, 4.69) is 29.3 Å². The van der Waals surface area contributed by atoms with Gasteiger partial charge >= 0.3 is 13.3 Å². The molecule has 0 spiro atoms. The molecule has 0 aliphatic carbocycles. The summed E-state index contributed by atoms with van der Waals surface area (Å²) in [5.41, 5.74) is 1.93. The van der Waals surface area contributed by atoms with Gasteiger partial charge in [-0.2, -0.15) is 13.2 Å². The lowest BCUT2D eigenvalue weighted by molar-refractivity contribution is -0.137. The van der Waals surface area contributed by atoms with Crippen molar-refractivity contribution in [2.45, 2.75) is 52.8 Å². The molecule has 2 aromatic carbocycles. The second-order valence-electron chi connectivity index (χ2n) is 12.4. The topological polar surface area (TPSA) is 100 Å². The Bertz CT molecular complexity index is 1890. The Labute approximate surface area is 263 Å². The fourth-order valence-corrected chi connectivity index (χ4v) is 6.00. The minimum atomic E-state index is -4.69. The van der Waals surface area contributed by atoms with Crippen molar-refractivity contribution in [1.29, 1.82) is 0 Å². The second-order valence-corrected chi connectivity index (χ2v) is 12.8. The molecule has 234 valence electrons. The van der Waals surface area contributed by atoms with Crippen molar-refractivity contribution in [2.75, 3.05) is 23.3 Å². The number of fused-ring (bicyclic) bond motifs is 2. The Morgan fingerprint density at radius 1 is 1.13 bits per heavy atom. The summed E-state index contributed by atoms with van der Waals surface area (Å²) in [6.45, 7) is 9.01. The van der Waals surface area contributed by atoms with Crippen molar-refractivity contribution in [2.24, 2.45) is 10.6 Å². The highest BCUT2D eigenvalue weighted by molar-refractivity contribution is 6.62. The summed E-state index contributed by atoms with van der Waals surface area (Å²) >= 11 is 6.27. The van der Waals surface area contributed by atoms with Crippen molar-refractivity contribution < 1.29 is 27.4 Å². The molecule has 2 aromatic heterocycles. The summed E-state index contributed by atoms with van der Waals surface area (Å²) in [5.74, 6) is 0.381. The van der Waals surface area contributed by atoms with Gasteiger partial charge in [-0.1, -0.05) is 37.6 Å². The molecule has 0 radical (unpaired) electrons. The molecule has 13 heteroatoms. The maximum atomic E-state index is 14.1. The molecule has 6 rings (SSSR count). The van der Waals surface area contributed by atoms with Gasteiger partial charge in [-0.15, -0.1) is 5.16 Å². The number of oxime groups is 1. The first kappa shape index (κ1) is 31.0. The third-order valence-corrected chi connectivity index (χ3v) is 8.84. The number of hydrogen-bond acceptors (Lipinski definition) is 8. The lowest BCUT2D eigenvalue weighted by Crippen LogP contribution is -2.38. The van der Waals surface area contributed by atoms with Gasteiger partial charge in [0.2, 0.25) is 5.88 Å². The van der Waals surface area contributed by atoms with E-state index in [9.17, 15) is 23.0 Å². The molecule has 0 unspecified atom stereocenters. The SMILES string of the molecule is Cc1c(N2CCC(C)(C)CC2)oc2c([C@H](C)Nc3ccc(Cl)nc3-c3ccc4c(c3)C=NOB4O)cc(C(F)(F)F)cc2c1=O. The van der Waals surface area contributed by atoms with Crippen molar-refractivity contribution in [3.63, 3.8) is 0 Å². The van der Waals surface area contributed by atoms with Gasteiger partial charge in [-0.05, 0) is 68.0 Å². The molecule has 0 bridgehead atoms. The van der Waals surface area contributed by atoms with Crippen LogP contribution in [0.1, 0.15) is 61.9 Å². The van der Waals surface area contributed by atoms with E-state index in [1.54, 1.807) is 44.2 Å². The van der Waals surface area contributed by atoms with Gasteiger partial charge in [-0.25, -0.2) is 4.98 Å². The van der Waals surface area contributed by atoms with Gasteiger partial charge in [0.1, 0.15) is 10.7 Å². The van der Waals surface area contributed by atoms with E-state index in [0.29, 0.717) is 46.9 Å². The summed E-state index contributed by atoms with van der Waals surface area (Å²) in [6, 6.07) is 9.56. The van der Waals surface area contributed by atoms with E-state index in [1.165, 1.54) is 6.21 Å². The predicted octanol–water partition coefficient (Wildman–Crippen LogP) is 6.69. The number of hydrogen-bond donors (Lipinski definition) is 2. The van der Waals surface area contributed by atoms with E-state index in [1.807, 2.05) is 4.90 Å². The third-order valence-electron chi connectivity index (χ3n) is 8.63. The number of anilines is 2. The highest BCUT2D eigenvalue weighted by atomic mass is 35.5. The number of aromatic nitrogens is 1. The van der Waals surface area contributed by atoms with Crippen LogP contribution < -0.4 is 21.1 Å². The van der Waals surface area contributed by atoms with Gasteiger partial charge in [-0.3, -0.25) is 4.79 Å². The highest BCUT2D eigenvalue weighted by Crippen LogP contribution is 2.39. The molecule has 45 heavy (non-hydrogen) atoms. The average Bonchev–Trinajstić information content (AvgIpc) is 2.99. The Hall–Kier alpha value is -4.03. The molecule has 2 aliphatic heterocycles. The molecule has 1 fully saturated rings. The highest BCUT2D eigenvalue weighted by Gasteiger charge is 2.34. The zero-order valence-corrected chi connectivity index (χ0v) is 25.9. The largest absolute Gasteiger partial charge is 0.583 e. The van der Waals surface area contributed by atoms with E-state index >= 15 is 0 Å². The Morgan fingerprint density at radius 3 is 2.58 bits per heavy atom. The minimum Gasteiger partial charge on any atom is -0.440 e. The molecular formula is C32H31BClF3N4O4. The fraction of sp³-hybridized carbons (Fsp3) is 0.344. The number of halogens is 4. The molecule has 0 amide bonds. The molecular weight excluding hydrogens is 608 g/mol. The smallest absolute Gasteiger partial charge is 0.440 e. The monoisotopic (exact) mass is 638 g/mol. The van der Waals surface area contributed by atoms with Crippen molar-refractivity contribution in [3.8, 4) is 11.3 Å². The molecule has 4 heterocycles. The summed E-state index contributed by atoms with van der Waals surface area (Å²) in [7, 11) is -1.21. The summed E-state index contributed by atoms with van der Waals surface area (Å²) in [4.78, 5) is 20.1. The van der Waals surface area contributed by atoms with Crippen molar-refractivity contribution in [3.05, 3.63) is 80.1 Å². The normalized spacial score (nSPS) is 16.8. The first-order valence-corrected chi connectivity index (χ1v) is 15.0. The number of nitrogens with one attached hydrogen (secondary N) is 1. The maximum Gasteiger partial charge on any atom is 0.583 e. The molecule has 4 aromatic rings. The van der Waals surface area contributed by atoms with Crippen LogP contribution in [-0.4, -0.2) is 36.4 Å². The lowest BCUT2D eigenvalue weighted by atomic mass is 9.75. The zero-order chi connectivity index (χ0) is 32.3. The van der Waals surface area contributed by atoms with E-state index in [0.717, 1.165) is 25.0 Å². The Morgan fingerprint density at radius 2 is 1.87 bits per heavy atom. The molecule has 1 saturated heterocycles. The van der Waals surface area contributed by atoms with E-state index in [4.69, 9.17) is 20.8 Å². The number of alkyl halides is 3. The van der Waals surface area contributed by atoms with Gasteiger partial charge in [0, 0.05) is 29.7 Å². The fourth-order valence-electron chi connectivity index (χ4n) is 5.85. The third kappa shape index (κ3) is 6.01. The Kier molecular flexibility index (Phi) is 7.85. The van der Waals surface area contributed by atoms with Gasteiger partial charge in [0.25, 0.3) is 0 Å². The summed E-state index contributed by atoms with van der Waals surface area (Å²) < 4.78 is 53.7. The zero-order valence-electron chi connectivity index (χ0n) is 25.1. The molecule has 2 N–H and O–H groups in total. The van der Waals surface area contributed by atoms with Crippen LogP contribution >= 0.6 is 11.6 Å². The number of benzene rings is 2. The maximum absolute atomic E-state index is 14.1. The summed E-state index contributed by atoms with van der Waals surface area (Å²) in [6.07, 6.45) is -1.45. The first-order chi connectivity index (χ1) is 21.2. The molecule has 0 saturated carbocycles. The second kappa shape index (κ2) is 11.4. The molecule has 1 atom stereocenters. The lowest BCUT2D eigenvalue weighted by Gasteiger charge is -2.37. The van der Waals surface area contributed by atoms with Crippen molar-refractivity contribution >= 4 is 52.9 Å². The summed E-state index contributed by atoms with van der Waals surface area (Å²) in [5, 5.41) is 17.2. The van der Waals surface area contributed by atoms with Gasteiger partial charge < -0.3 is 24.4 Å². The van der Waals surface area contributed by atoms with Crippen LogP contribution in [0.5, 0.6) is 0 Å². The van der Waals surface area contributed by atoms with Crippen LogP contribution in [0.4, 0.5) is 24.7 Å². The first-order valence-electron chi connectivity index (χ1n) is 14.6. The van der Waals surface area contributed by atoms with E-state index in [-0.39, 0.29) is 32.7 Å². The minimum absolute atomic E-state index is 0.0980. The quantitative estimate of drug-likeness (QED) is 0.186.